The molecule has 23 heavy (non-hydrogen) atoms. The molecule has 0 aliphatic carbocycles. The fourth-order valence-electron chi connectivity index (χ4n) is 3.14. The van der Waals surface area contributed by atoms with Gasteiger partial charge in [0.1, 0.15) is 0 Å². The van der Waals surface area contributed by atoms with Gasteiger partial charge in [-0.1, -0.05) is 35.9 Å². The molecule has 0 bridgehead atoms. The Bertz CT molecular complexity index is 728. The Morgan fingerprint density at radius 2 is 1.78 bits per heavy atom. The SMILES string of the molecule is COC(=O)C[C@H](C=C(C)C)B1Nc2cccc3cccc(c23)N1. The van der Waals surface area contributed by atoms with E-state index < -0.39 is 0 Å². The highest BCUT2D eigenvalue weighted by Gasteiger charge is 2.32. The van der Waals surface area contributed by atoms with Crippen LogP contribution in [0, 0.1) is 0 Å². The number of nitrogens with one attached hydrogen (secondary N) is 2. The second-order valence-electron chi connectivity index (χ2n) is 6.16. The molecule has 1 aliphatic heterocycles. The lowest BCUT2D eigenvalue weighted by molar-refractivity contribution is -0.140. The average Bonchev–Trinajstić information content (AvgIpc) is 2.54. The molecule has 1 atom stereocenters. The summed E-state index contributed by atoms with van der Waals surface area (Å²) in [4.78, 5) is 11.8. The van der Waals surface area contributed by atoms with E-state index in [-0.39, 0.29) is 18.8 Å². The molecule has 0 fully saturated rings. The normalized spacial score (nSPS) is 13.8. The first-order valence-corrected chi connectivity index (χ1v) is 7.85. The summed E-state index contributed by atoms with van der Waals surface area (Å²) in [6, 6.07) is 12.5. The van der Waals surface area contributed by atoms with Crippen LogP contribution >= 0.6 is 0 Å². The van der Waals surface area contributed by atoms with Crippen molar-refractivity contribution in [2.45, 2.75) is 26.1 Å². The maximum Gasteiger partial charge on any atom is 0.378 e. The molecule has 2 aromatic rings. The minimum atomic E-state index is -0.201. The third-order valence-corrected chi connectivity index (χ3v) is 4.13. The van der Waals surface area contributed by atoms with Gasteiger partial charge in [0.05, 0.1) is 7.11 Å². The van der Waals surface area contributed by atoms with E-state index in [4.69, 9.17) is 4.74 Å². The lowest BCUT2D eigenvalue weighted by Crippen LogP contribution is -2.41. The van der Waals surface area contributed by atoms with Gasteiger partial charge in [-0.25, -0.2) is 0 Å². The van der Waals surface area contributed by atoms with Crippen LogP contribution in [-0.4, -0.2) is 20.1 Å². The molecule has 2 N–H and O–H groups in total. The van der Waals surface area contributed by atoms with Crippen molar-refractivity contribution in [1.29, 1.82) is 0 Å². The minimum absolute atomic E-state index is 0.0102. The van der Waals surface area contributed by atoms with Crippen molar-refractivity contribution in [3.63, 3.8) is 0 Å². The first kappa shape index (κ1) is 15.5. The summed E-state index contributed by atoms with van der Waals surface area (Å²) in [5.74, 6) is -0.191. The Morgan fingerprint density at radius 3 is 2.30 bits per heavy atom. The summed E-state index contributed by atoms with van der Waals surface area (Å²) in [7, 11) is 1.43. The number of hydrogen-bond donors (Lipinski definition) is 2. The smallest absolute Gasteiger partial charge is 0.378 e. The van der Waals surface area contributed by atoms with E-state index in [1.165, 1.54) is 23.5 Å². The summed E-state index contributed by atoms with van der Waals surface area (Å²) in [5.41, 5.74) is 3.37. The van der Waals surface area contributed by atoms with Gasteiger partial charge in [-0.3, -0.25) is 4.79 Å². The Morgan fingerprint density at radius 1 is 1.17 bits per heavy atom. The highest BCUT2D eigenvalue weighted by Crippen LogP contribution is 2.36. The quantitative estimate of drug-likeness (QED) is 0.508. The summed E-state index contributed by atoms with van der Waals surface area (Å²) >= 11 is 0. The van der Waals surface area contributed by atoms with Crippen LogP contribution in [0.4, 0.5) is 11.4 Å². The van der Waals surface area contributed by atoms with E-state index in [1.807, 2.05) is 26.0 Å². The fraction of sp³-hybridized carbons (Fsp3) is 0.278. The second-order valence-corrected chi connectivity index (χ2v) is 6.16. The number of rotatable bonds is 4. The zero-order valence-electron chi connectivity index (χ0n) is 13.7. The fourth-order valence-corrected chi connectivity index (χ4v) is 3.14. The van der Waals surface area contributed by atoms with E-state index in [1.54, 1.807) is 0 Å². The van der Waals surface area contributed by atoms with E-state index >= 15 is 0 Å². The number of carbonyl (C=O) groups is 1. The van der Waals surface area contributed by atoms with Crippen LogP contribution < -0.4 is 10.5 Å². The zero-order valence-corrected chi connectivity index (χ0v) is 13.7. The lowest BCUT2D eigenvalue weighted by Gasteiger charge is -2.30. The van der Waals surface area contributed by atoms with Crippen LogP contribution in [0.3, 0.4) is 0 Å². The summed E-state index contributed by atoms with van der Waals surface area (Å²) in [6.45, 7) is 4.04. The molecule has 4 nitrogen and oxygen atoms in total. The van der Waals surface area contributed by atoms with Crippen molar-refractivity contribution in [3.05, 3.63) is 48.0 Å². The predicted molar refractivity (Wildman–Crippen MR) is 96.8 cm³/mol. The van der Waals surface area contributed by atoms with Gasteiger partial charge in [0.15, 0.2) is 0 Å². The van der Waals surface area contributed by atoms with Crippen molar-refractivity contribution in [2.75, 3.05) is 17.6 Å². The number of anilines is 2. The van der Waals surface area contributed by atoms with Crippen molar-refractivity contribution in [3.8, 4) is 0 Å². The molecular weight excluding hydrogens is 287 g/mol. The van der Waals surface area contributed by atoms with Crippen LogP contribution in [0.5, 0.6) is 0 Å². The van der Waals surface area contributed by atoms with Crippen LogP contribution in [0.1, 0.15) is 20.3 Å². The summed E-state index contributed by atoms with van der Waals surface area (Å²) in [6.07, 6.45) is 2.46. The third kappa shape index (κ3) is 3.18. The number of esters is 1. The van der Waals surface area contributed by atoms with E-state index in [0.29, 0.717) is 6.42 Å². The lowest BCUT2D eigenvalue weighted by atomic mass is 9.58. The molecule has 3 rings (SSSR count). The van der Waals surface area contributed by atoms with Crippen molar-refractivity contribution < 1.29 is 9.53 Å². The molecule has 0 aromatic heterocycles. The predicted octanol–water partition coefficient (Wildman–Crippen LogP) is 4.06. The van der Waals surface area contributed by atoms with E-state index in [2.05, 4.69) is 40.8 Å². The molecule has 1 heterocycles. The Balaban J connectivity index is 1.95. The van der Waals surface area contributed by atoms with Crippen LogP contribution in [0.15, 0.2) is 48.0 Å². The second kappa shape index (κ2) is 6.36. The maximum absolute atomic E-state index is 11.8. The average molecular weight is 308 g/mol. The highest BCUT2D eigenvalue weighted by molar-refractivity contribution is 6.70. The van der Waals surface area contributed by atoms with Gasteiger partial charge in [0.2, 0.25) is 0 Å². The number of carbonyl (C=O) groups excluding carboxylic acids is 1. The molecular formula is C18H21BN2O2. The van der Waals surface area contributed by atoms with Gasteiger partial charge in [-0.2, -0.15) is 0 Å². The maximum atomic E-state index is 11.8. The standard InChI is InChI=1S/C18H21BN2O2/c1-12(2)10-14(11-17(22)23-3)19-20-15-8-4-6-13-7-5-9-16(21-19)18(13)15/h4-10,14,20-21H,11H2,1-3H3/t14-/m0/s1. The molecule has 0 radical (unpaired) electrons. The van der Waals surface area contributed by atoms with Crippen LogP contribution in [0.2, 0.25) is 5.82 Å². The van der Waals surface area contributed by atoms with Crippen LogP contribution in [0.25, 0.3) is 10.8 Å². The van der Waals surface area contributed by atoms with Gasteiger partial charge >= 0.3 is 13.0 Å². The number of allylic oxidation sites excluding steroid dienone is 2. The van der Waals surface area contributed by atoms with Crippen molar-refractivity contribution in [2.24, 2.45) is 0 Å². The largest absolute Gasteiger partial charge is 0.469 e. The third-order valence-electron chi connectivity index (χ3n) is 4.13. The topological polar surface area (TPSA) is 50.4 Å². The monoisotopic (exact) mass is 308 g/mol. The Labute approximate surface area is 137 Å². The Kier molecular flexibility index (Phi) is 4.28. The van der Waals surface area contributed by atoms with Gasteiger partial charge in [0.25, 0.3) is 0 Å². The van der Waals surface area contributed by atoms with E-state index in [9.17, 15) is 4.79 Å². The number of methoxy groups -OCH3 is 1. The van der Waals surface area contributed by atoms with Gasteiger partial charge in [-0.05, 0) is 31.4 Å². The molecule has 0 saturated heterocycles. The number of ether oxygens (including phenoxy) is 1. The molecule has 0 amide bonds. The summed E-state index contributed by atoms with van der Waals surface area (Å²) < 4.78 is 4.86. The van der Waals surface area contributed by atoms with Crippen molar-refractivity contribution >= 4 is 35.1 Å². The molecule has 118 valence electrons. The van der Waals surface area contributed by atoms with Crippen LogP contribution in [-0.2, 0) is 9.53 Å². The molecule has 5 heteroatoms. The first-order valence-electron chi connectivity index (χ1n) is 7.85. The molecule has 2 aromatic carbocycles. The van der Waals surface area contributed by atoms with E-state index in [0.717, 1.165) is 11.4 Å². The molecule has 0 spiro atoms. The zero-order chi connectivity index (χ0) is 16.4. The van der Waals surface area contributed by atoms with Gasteiger partial charge in [0, 0.05) is 29.0 Å². The number of hydrogen-bond acceptors (Lipinski definition) is 4. The highest BCUT2D eigenvalue weighted by atomic mass is 16.5. The Hall–Kier alpha value is -2.43. The first-order chi connectivity index (χ1) is 11.1. The summed E-state index contributed by atoms with van der Waals surface area (Å²) in [5, 5.41) is 9.46. The van der Waals surface area contributed by atoms with Gasteiger partial charge < -0.3 is 15.2 Å². The van der Waals surface area contributed by atoms with Crippen molar-refractivity contribution in [1.82, 2.24) is 0 Å². The minimum Gasteiger partial charge on any atom is -0.469 e. The molecule has 0 saturated carbocycles. The number of benzene rings is 2. The van der Waals surface area contributed by atoms with Gasteiger partial charge in [-0.15, -0.1) is 0 Å². The molecule has 1 aliphatic rings. The molecule has 0 unspecified atom stereocenters.